The number of nitrogens with two attached hydrogens (primary N) is 1. The van der Waals surface area contributed by atoms with Crippen LogP contribution in [0, 0.1) is 12.7 Å². The van der Waals surface area contributed by atoms with Gasteiger partial charge >= 0.3 is 0 Å². The minimum atomic E-state index is -0.242. The summed E-state index contributed by atoms with van der Waals surface area (Å²) in [7, 11) is 0. The molecule has 0 atom stereocenters. The van der Waals surface area contributed by atoms with Gasteiger partial charge in [0.05, 0.1) is 4.99 Å². The number of hydrogen-bond donors (Lipinski definition) is 1. The molecule has 1 nitrogen and oxygen atoms in total. The molecule has 0 spiro atoms. The fourth-order valence-corrected chi connectivity index (χ4v) is 1.18. The Morgan fingerprint density at radius 3 is 2.83 bits per heavy atom. The van der Waals surface area contributed by atoms with E-state index in [2.05, 4.69) is 0 Å². The molecule has 1 rings (SSSR count). The van der Waals surface area contributed by atoms with Gasteiger partial charge in [-0.25, -0.2) is 4.39 Å². The zero-order valence-electron chi connectivity index (χ0n) is 6.80. The summed E-state index contributed by atoms with van der Waals surface area (Å²) in [6.45, 7) is 1.91. The van der Waals surface area contributed by atoms with Crippen LogP contribution in [0.3, 0.4) is 0 Å². The summed E-state index contributed by atoms with van der Waals surface area (Å²) in [6, 6.07) is 4.91. The highest BCUT2D eigenvalue weighted by molar-refractivity contribution is 7.80. The van der Waals surface area contributed by atoms with E-state index in [1.807, 2.05) is 6.92 Å². The summed E-state index contributed by atoms with van der Waals surface area (Å²) < 4.78 is 13.0. The van der Waals surface area contributed by atoms with E-state index in [9.17, 15) is 4.39 Å². The molecule has 0 amide bonds. The van der Waals surface area contributed by atoms with Crippen molar-refractivity contribution in [3.8, 4) is 0 Å². The topological polar surface area (TPSA) is 26.0 Å². The smallest absolute Gasteiger partial charge is 0.126 e. The minimum absolute atomic E-state index is 0.242. The van der Waals surface area contributed by atoms with E-state index in [-0.39, 0.29) is 5.82 Å². The third kappa shape index (κ3) is 2.27. The number of halogens is 1. The van der Waals surface area contributed by atoms with Gasteiger partial charge in [0.15, 0.2) is 0 Å². The van der Waals surface area contributed by atoms with Gasteiger partial charge in [-0.3, -0.25) is 0 Å². The number of rotatable bonds is 2. The first kappa shape index (κ1) is 9.13. The van der Waals surface area contributed by atoms with Crippen LogP contribution in [0.5, 0.6) is 0 Å². The lowest BCUT2D eigenvalue weighted by Gasteiger charge is -2.02. The molecule has 0 saturated heterocycles. The van der Waals surface area contributed by atoms with Crippen LogP contribution >= 0.6 is 12.2 Å². The van der Waals surface area contributed by atoms with Crippen molar-refractivity contribution in [3.05, 3.63) is 35.1 Å². The highest BCUT2D eigenvalue weighted by Crippen LogP contribution is 2.10. The first-order chi connectivity index (χ1) is 5.59. The molecule has 12 heavy (non-hydrogen) atoms. The Hall–Kier alpha value is -0.960. The highest BCUT2D eigenvalue weighted by Gasteiger charge is 2.02. The molecule has 0 radical (unpaired) electrons. The molecule has 2 N–H and O–H groups in total. The standard InChI is InChI=1S/C9H10FNS/c1-6-2-3-8(10)7(4-6)5-9(11)12/h2-4H,5H2,1H3,(H2,11,12). The average molecular weight is 183 g/mol. The van der Waals surface area contributed by atoms with E-state index in [4.69, 9.17) is 18.0 Å². The van der Waals surface area contributed by atoms with Crippen LogP contribution in [0.2, 0.25) is 0 Å². The van der Waals surface area contributed by atoms with Gasteiger partial charge in [-0.2, -0.15) is 0 Å². The summed E-state index contributed by atoms with van der Waals surface area (Å²) in [5.41, 5.74) is 6.90. The van der Waals surface area contributed by atoms with Crippen molar-refractivity contribution in [2.75, 3.05) is 0 Å². The zero-order chi connectivity index (χ0) is 9.14. The van der Waals surface area contributed by atoms with Crippen LogP contribution in [0.15, 0.2) is 18.2 Å². The van der Waals surface area contributed by atoms with Crippen LogP contribution in [0.1, 0.15) is 11.1 Å². The van der Waals surface area contributed by atoms with E-state index in [0.29, 0.717) is 17.0 Å². The molecule has 0 bridgehead atoms. The van der Waals surface area contributed by atoms with Gasteiger partial charge in [0.1, 0.15) is 5.82 Å². The predicted molar refractivity (Wildman–Crippen MR) is 51.6 cm³/mol. The lowest BCUT2D eigenvalue weighted by Crippen LogP contribution is -2.12. The third-order valence-electron chi connectivity index (χ3n) is 1.57. The molecule has 0 saturated carbocycles. The number of aryl methyl sites for hydroxylation is 1. The summed E-state index contributed by atoms with van der Waals surface area (Å²) in [5, 5.41) is 0. The van der Waals surface area contributed by atoms with Crippen molar-refractivity contribution in [1.82, 2.24) is 0 Å². The fraction of sp³-hybridized carbons (Fsp3) is 0.222. The van der Waals surface area contributed by atoms with E-state index in [0.717, 1.165) is 5.56 Å². The second-order valence-electron chi connectivity index (χ2n) is 2.74. The molecule has 0 aromatic heterocycles. The van der Waals surface area contributed by atoms with Crippen molar-refractivity contribution in [1.29, 1.82) is 0 Å². The Labute approximate surface area is 76.4 Å². The Bertz CT molecular complexity index is 309. The van der Waals surface area contributed by atoms with Gasteiger partial charge in [-0.05, 0) is 18.6 Å². The molecule has 0 aliphatic rings. The first-order valence-corrected chi connectivity index (χ1v) is 4.04. The Morgan fingerprint density at radius 1 is 1.58 bits per heavy atom. The fourth-order valence-electron chi connectivity index (χ4n) is 1.03. The van der Waals surface area contributed by atoms with Crippen molar-refractivity contribution in [3.63, 3.8) is 0 Å². The molecular formula is C9H10FNS. The molecule has 0 fully saturated rings. The largest absolute Gasteiger partial charge is 0.393 e. The molecule has 1 aromatic carbocycles. The number of benzene rings is 1. The van der Waals surface area contributed by atoms with Crippen LogP contribution < -0.4 is 5.73 Å². The maximum absolute atomic E-state index is 13.0. The predicted octanol–water partition coefficient (Wildman–Crippen LogP) is 1.96. The molecule has 64 valence electrons. The lowest BCUT2D eigenvalue weighted by molar-refractivity contribution is 0.615. The number of hydrogen-bond acceptors (Lipinski definition) is 1. The molecular weight excluding hydrogens is 173 g/mol. The van der Waals surface area contributed by atoms with E-state index >= 15 is 0 Å². The van der Waals surface area contributed by atoms with Crippen LogP contribution in [-0.2, 0) is 6.42 Å². The van der Waals surface area contributed by atoms with E-state index < -0.39 is 0 Å². The van der Waals surface area contributed by atoms with Gasteiger partial charge in [0.2, 0.25) is 0 Å². The first-order valence-electron chi connectivity index (χ1n) is 3.63. The maximum Gasteiger partial charge on any atom is 0.126 e. The highest BCUT2D eigenvalue weighted by atomic mass is 32.1. The van der Waals surface area contributed by atoms with Gasteiger partial charge in [0, 0.05) is 6.42 Å². The molecule has 1 aromatic rings. The second-order valence-corrected chi connectivity index (χ2v) is 3.26. The number of thiocarbonyl (C=S) groups is 1. The Balaban J connectivity index is 2.97. The minimum Gasteiger partial charge on any atom is -0.393 e. The summed E-state index contributed by atoms with van der Waals surface area (Å²) >= 11 is 4.69. The van der Waals surface area contributed by atoms with Gasteiger partial charge < -0.3 is 5.73 Å². The molecule has 0 aliphatic carbocycles. The van der Waals surface area contributed by atoms with Gasteiger partial charge in [-0.1, -0.05) is 29.9 Å². The Morgan fingerprint density at radius 2 is 2.25 bits per heavy atom. The quantitative estimate of drug-likeness (QED) is 0.709. The normalized spacial score (nSPS) is 9.83. The lowest BCUT2D eigenvalue weighted by atomic mass is 10.1. The zero-order valence-corrected chi connectivity index (χ0v) is 7.62. The van der Waals surface area contributed by atoms with E-state index in [1.165, 1.54) is 6.07 Å². The van der Waals surface area contributed by atoms with Crippen molar-refractivity contribution in [2.24, 2.45) is 5.73 Å². The van der Waals surface area contributed by atoms with Crippen molar-refractivity contribution >= 4 is 17.2 Å². The average Bonchev–Trinajstić information content (AvgIpc) is 1.96. The Kier molecular flexibility index (Phi) is 2.76. The molecule has 3 heteroatoms. The SMILES string of the molecule is Cc1ccc(F)c(CC(N)=S)c1. The molecule has 0 heterocycles. The monoisotopic (exact) mass is 183 g/mol. The van der Waals surface area contributed by atoms with Gasteiger partial charge in [-0.15, -0.1) is 0 Å². The summed E-state index contributed by atoms with van der Waals surface area (Å²) in [4.78, 5) is 0.319. The van der Waals surface area contributed by atoms with Crippen molar-refractivity contribution in [2.45, 2.75) is 13.3 Å². The van der Waals surface area contributed by atoms with Crippen LogP contribution in [0.25, 0.3) is 0 Å². The summed E-state index contributed by atoms with van der Waals surface area (Å²) in [6.07, 6.45) is 0.336. The van der Waals surface area contributed by atoms with E-state index in [1.54, 1.807) is 12.1 Å². The van der Waals surface area contributed by atoms with Crippen LogP contribution in [-0.4, -0.2) is 4.99 Å². The maximum atomic E-state index is 13.0. The summed E-state index contributed by atoms with van der Waals surface area (Å²) in [5.74, 6) is -0.242. The third-order valence-corrected chi connectivity index (χ3v) is 1.71. The van der Waals surface area contributed by atoms with Gasteiger partial charge in [0.25, 0.3) is 0 Å². The molecule has 0 unspecified atom stereocenters. The second kappa shape index (κ2) is 3.63. The van der Waals surface area contributed by atoms with Crippen molar-refractivity contribution < 1.29 is 4.39 Å². The van der Waals surface area contributed by atoms with Crippen LogP contribution in [0.4, 0.5) is 4.39 Å². The molecule has 0 aliphatic heterocycles.